The van der Waals surface area contributed by atoms with E-state index in [1.54, 1.807) is 11.3 Å². The van der Waals surface area contributed by atoms with Crippen molar-refractivity contribution >= 4 is 11.3 Å². The van der Waals surface area contributed by atoms with Gasteiger partial charge in [0.1, 0.15) is 10.7 Å². The van der Waals surface area contributed by atoms with Gasteiger partial charge < -0.3 is 0 Å². The van der Waals surface area contributed by atoms with E-state index in [4.69, 9.17) is 4.98 Å². The maximum Gasteiger partial charge on any atom is 0.142 e. The molecule has 0 saturated carbocycles. The molecule has 2 aromatic carbocycles. The first kappa shape index (κ1) is 14.8. The molecule has 0 aliphatic rings. The molecule has 24 heavy (non-hydrogen) atoms. The fourth-order valence-corrected chi connectivity index (χ4v) is 3.58. The van der Waals surface area contributed by atoms with Crippen molar-refractivity contribution < 1.29 is 0 Å². The number of hydrogen-bond donors (Lipinski definition) is 0. The van der Waals surface area contributed by atoms with Crippen molar-refractivity contribution in [2.45, 2.75) is 6.92 Å². The van der Waals surface area contributed by atoms with Crippen LogP contribution in [0, 0.1) is 6.92 Å². The Morgan fingerprint density at radius 1 is 0.750 bits per heavy atom. The summed E-state index contributed by atoms with van der Waals surface area (Å²) in [5, 5.41) is 3.07. The Kier molecular flexibility index (Phi) is 3.93. The Hall–Kier alpha value is -2.78. The second kappa shape index (κ2) is 6.38. The molecule has 0 fully saturated rings. The average molecular weight is 328 g/mol. The minimum atomic E-state index is 0.967. The van der Waals surface area contributed by atoms with Crippen LogP contribution in [0.2, 0.25) is 0 Å². The third-order valence-corrected chi connectivity index (χ3v) is 4.85. The molecule has 0 radical (unpaired) electrons. The van der Waals surface area contributed by atoms with Crippen LogP contribution in [0.5, 0.6) is 0 Å². The van der Waals surface area contributed by atoms with Crippen LogP contribution >= 0.6 is 11.3 Å². The highest BCUT2D eigenvalue weighted by Crippen LogP contribution is 2.30. The van der Waals surface area contributed by atoms with Crippen molar-refractivity contribution in [3.63, 3.8) is 0 Å². The van der Waals surface area contributed by atoms with Gasteiger partial charge in [-0.05, 0) is 29.7 Å². The second-order valence-electron chi connectivity index (χ2n) is 5.65. The van der Waals surface area contributed by atoms with E-state index >= 15 is 0 Å². The van der Waals surface area contributed by atoms with Gasteiger partial charge >= 0.3 is 0 Å². The van der Waals surface area contributed by atoms with E-state index < -0.39 is 0 Å². The van der Waals surface area contributed by atoms with Gasteiger partial charge in [0.25, 0.3) is 0 Å². The van der Waals surface area contributed by atoms with Crippen LogP contribution in [-0.2, 0) is 0 Å². The van der Waals surface area contributed by atoms with Gasteiger partial charge in [-0.2, -0.15) is 0 Å². The zero-order valence-corrected chi connectivity index (χ0v) is 14.1. The first-order valence-corrected chi connectivity index (χ1v) is 8.72. The topological polar surface area (TPSA) is 25.8 Å². The molecule has 116 valence electrons. The van der Waals surface area contributed by atoms with E-state index in [-0.39, 0.29) is 0 Å². The Morgan fingerprint density at radius 3 is 2.21 bits per heavy atom. The van der Waals surface area contributed by atoms with E-state index in [1.165, 1.54) is 11.1 Å². The molecule has 0 unspecified atom stereocenters. The van der Waals surface area contributed by atoms with Crippen LogP contribution in [0.3, 0.4) is 0 Å². The second-order valence-corrected chi connectivity index (χ2v) is 6.51. The quantitative estimate of drug-likeness (QED) is 0.471. The van der Waals surface area contributed by atoms with Gasteiger partial charge in [0, 0.05) is 17.1 Å². The van der Waals surface area contributed by atoms with Crippen LogP contribution in [0.25, 0.3) is 33.1 Å². The van der Waals surface area contributed by atoms with Gasteiger partial charge in [0.2, 0.25) is 0 Å². The van der Waals surface area contributed by atoms with Crippen LogP contribution < -0.4 is 0 Å². The molecule has 4 aromatic rings. The average Bonchev–Trinajstić information content (AvgIpc) is 3.13. The first-order valence-electron chi connectivity index (χ1n) is 7.84. The smallest absolute Gasteiger partial charge is 0.142 e. The third-order valence-electron chi connectivity index (χ3n) is 4.00. The van der Waals surface area contributed by atoms with Crippen molar-refractivity contribution in [1.29, 1.82) is 0 Å². The largest absolute Gasteiger partial charge is 0.253 e. The third kappa shape index (κ3) is 2.86. The summed E-state index contributed by atoms with van der Waals surface area (Å²) in [6.45, 7) is 2.07. The van der Waals surface area contributed by atoms with E-state index in [1.807, 2.05) is 18.3 Å². The summed E-state index contributed by atoms with van der Waals surface area (Å²) in [5.41, 5.74) is 6.69. The normalized spacial score (nSPS) is 10.7. The molecule has 4 rings (SSSR count). The zero-order chi connectivity index (χ0) is 16.4. The van der Waals surface area contributed by atoms with E-state index in [2.05, 4.69) is 71.9 Å². The molecule has 3 heteroatoms. The highest BCUT2D eigenvalue weighted by Gasteiger charge is 2.09. The molecule has 0 amide bonds. The van der Waals surface area contributed by atoms with Crippen LogP contribution in [-0.4, -0.2) is 9.97 Å². The minimum absolute atomic E-state index is 0.967. The molecule has 0 N–H and O–H groups in total. The monoisotopic (exact) mass is 328 g/mol. The fourth-order valence-electron chi connectivity index (χ4n) is 2.69. The van der Waals surface area contributed by atoms with Gasteiger partial charge in [-0.25, -0.2) is 4.98 Å². The summed E-state index contributed by atoms with van der Waals surface area (Å²) in [6, 6.07) is 23.0. The van der Waals surface area contributed by atoms with E-state index in [9.17, 15) is 0 Å². The van der Waals surface area contributed by atoms with E-state index in [0.717, 1.165) is 27.5 Å². The number of benzene rings is 2. The molecule has 0 aliphatic heterocycles. The van der Waals surface area contributed by atoms with Gasteiger partial charge in [-0.1, -0.05) is 60.7 Å². The molecule has 2 nitrogen and oxygen atoms in total. The van der Waals surface area contributed by atoms with Crippen molar-refractivity contribution in [2.75, 3.05) is 0 Å². The molecule has 2 heterocycles. The number of rotatable bonds is 3. The highest BCUT2D eigenvalue weighted by atomic mass is 32.1. The van der Waals surface area contributed by atoms with Crippen LogP contribution in [0.4, 0.5) is 0 Å². The Bertz CT molecular complexity index is 957. The zero-order valence-electron chi connectivity index (χ0n) is 13.3. The molecular weight excluding hydrogens is 312 g/mol. The summed E-state index contributed by atoms with van der Waals surface area (Å²) in [7, 11) is 0. The van der Waals surface area contributed by atoms with E-state index in [0.29, 0.717) is 0 Å². The predicted octanol–water partition coefficient (Wildman–Crippen LogP) is 5.85. The van der Waals surface area contributed by atoms with Crippen molar-refractivity contribution in [3.8, 4) is 33.1 Å². The summed E-state index contributed by atoms with van der Waals surface area (Å²) < 4.78 is 0. The molecule has 0 bridgehead atoms. The summed E-state index contributed by atoms with van der Waals surface area (Å²) >= 11 is 1.64. The number of aromatic nitrogens is 2. The summed E-state index contributed by atoms with van der Waals surface area (Å²) in [6.07, 6.45) is 1.82. The van der Waals surface area contributed by atoms with Crippen molar-refractivity contribution in [1.82, 2.24) is 9.97 Å². The summed E-state index contributed by atoms with van der Waals surface area (Å²) in [4.78, 5) is 9.23. The fraction of sp³-hybridized carbons (Fsp3) is 0.0476. The first-order chi connectivity index (χ1) is 11.8. The molecule has 0 saturated heterocycles. The minimum Gasteiger partial charge on any atom is -0.253 e. The molecular formula is C21H16N2S. The Balaban J connectivity index is 1.65. The number of hydrogen-bond acceptors (Lipinski definition) is 3. The van der Waals surface area contributed by atoms with Crippen molar-refractivity contribution in [3.05, 3.63) is 83.9 Å². The lowest BCUT2D eigenvalue weighted by molar-refractivity contribution is 1.25. The Labute approximate surface area is 145 Å². The number of nitrogens with zero attached hydrogens (tertiary/aromatic N) is 2. The van der Waals surface area contributed by atoms with Gasteiger partial charge in [-0.3, -0.25) is 4.98 Å². The van der Waals surface area contributed by atoms with Crippen LogP contribution in [0.1, 0.15) is 5.56 Å². The lowest BCUT2D eigenvalue weighted by Gasteiger charge is -2.03. The maximum atomic E-state index is 4.77. The maximum absolute atomic E-state index is 4.77. The standard InChI is InChI=1S/C21H16N2S/c1-15-6-5-13-22-20(15)21-23-19(14-24-21)18-11-9-17(10-12-18)16-7-3-2-4-8-16/h2-14H,1H3. The SMILES string of the molecule is Cc1cccnc1-c1nc(-c2ccc(-c3ccccc3)cc2)cs1. The molecule has 0 aliphatic carbocycles. The van der Waals surface area contributed by atoms with Gasteiger partial charge in [0.05, 0.1) is 5.69 Å². The lowest BCUT2D eigenvalue weighted by atomic mass is 10.0. The predicted molar refractivity (Wildman–Crippen MR) is 101 cm³/mol. The molecule has 2 aromatic heterocycles. The number of thiazole rings is 1. The van der Waals surface area contributed by atoms with Crippen molar-refractivity contribution in [2.24, 2.45) is 0 Å². The number of aryl methyl sites for hydroxylation is 1. The molecule has 0 spiro atoms. The van der Waals surface area contributed by atoms with Crippen LogP contribution in [0.15, 0.2) is 78.3 Å². The number of pyridine rings is 1. The lowest BCUT2D eigenvalue weighted by Crippen LogP contribution is -1.86. The molecule has 0 atom stereocenters. The Morgan fingerprint density at radius 2 is 1.46 bits per heavy atom. The summed E-state index contributed by atoms with van der Waals surface area (Å²) in [5.74, 6) is 0. The van der Waals surface area contributed by atoms with Gasteiger partial charge in [-0.15, -0.1) is 11.3 Å². The highest BCUT2D eigenvalue weighted by molar-refractivity contribution is 7.13. The van der Waals surface area contributed by atoms with Gasteiger partial charge in [0.15, 0.2) is 0 Å².